The lowest BCUT2D eigenvalue weighted by Gasteiger charge is -2.21. The summed E-state index contributed by atoms with van der Waals surface area (Å²) in [5.74, 6) is 0.868. The van der Waals surface area contributed by atoms with Crippen molar-refractivity contribution in [3.8, 4) is 0 Å². The van der Waals surface area contributed by atoms with Gasteiger partial charge < -0.3 is 33.8 Å². The van der Waals surface area contributed by atoms with E-state index in [1.54, 1.807) is 0 Å². The van der Waals surface area contributed by atoms with Gasteiger partial charge in [0.25, 0.3) is 0 Å². The molecule has 0 fully saturated rings. The highest BCUT2D eigenvalue weighted by Crippen LogP contribution is 2.45. The normalized spacial score (nSPS) is 14.5. The molecule has 0 aromatic rings. The first-order valence-corrected chi connectivity index (χ1v) is 40.7. The topological polar surface area (TPSA) is 237 Å². The Morgan fingerprint density at radius 2 is 0.522 bits per heavy atom. The van der Waals surface area contributed by atoms with Crippen LogP contribution in [0.5, 0.6) is 0 Å². The molecular weight excluding hydrogens is 1210 g/mol. The zero-order valence-corrected chi connectivity index (χ0v) is 62.0. The van der Waals surface area contributed by atoms with Gasteiger partial charge >= 0.3 is 39.5 Å². The van der Waals surface area contributed by atoms with E-state index in [-0.39, 0.29) is 25.7 Å². The molecule has 4 unspecified atom stereocenters. The van der Waals surface area contributed by atoms with Crippen LogP contribution in [-0.2, 0) is 65.4 Å². The molecule has 0 amide bonds. The summed E-state index contributed by atoms with van der Waals surface area (Å²) in [4.78, 5) is 72.6. The molecule has 6 atom stereocenters. The molecule has 0 aliphatic carbocycles. The fraction of sp³-hybridized carbons (Fsp3) is 0.945. The second-order valence-electron chi connectivity index (χ2n) is 28.0. The summed E-state index contributed by atoms with van der Waals surface area (Å²) in [6.45, 7) is 14.1. The molecule has 0 aliphatic rings. The van der Waals surface area contributed by atoms with Crippen LogP contribution in [0.3, 0.4) is 0 Å². The van der Waals surface area contributed by atoms with Gasteiger partial charge in [-0.15, -0.1) is 0 Å². The number of rotatable bonds is 70. The fourth-order valence-electron chi connectivity index (χ4n) is 11.0. The van der Waals surface area contributed by atoms with E-state index in [2.05, 4.69) is 55.4 Å². The van der Waals surface area contributed by atoms with Crippen LogP contribution in [0, 0.1) is 23.7 Å². The number of aliphatic hydroxyl groups excluding tert-OH is 1. The molecule has 0 saturated heterocycles. The van der Waals surface area contributed by atoms with Crippen molar-refractivity contribution in [3.63, 3.8) is 0 Å². The summed E-state index contributed by atoms with van der Waals surface area (Å²) in [5, 5.41) is 10.6. The Morgan fingerprint density at radius 1 is 0.304 bits per heavy atom. The standard InChI is InChI=1S/C73H142O17P2/c1-9-66(8)52-44-36-31-32-40-48-56-73(78)90-69(60-84-71(76)54-46-38-30-24-27-35-43-51-65(6)7)62-88-92(81,82)86-58-67(74)57-85-91(79,80)87-61-68(89-72(77)55-47-39-29-23-19-15-17-21-26-34-42-50-64(4)5)59-83-70(75)53-45-37-28-22-18-14-12-10-11-13-16-20-25-33-41-49-63(2)3/h63-69,74H,9-62H2,1-8H3,(H,79,80)(H,81,82)/t66?,67?,68-,69-/m1/s1. The monoisotopic (exact) mass is 1350 g/mol. The number of phosphoric acid groups is 2. The first-order valence-electron chi connectivity index (χ1n) is 37.7. The number of ether oxygens (including phenoxy) is 4. The number of unbranched alkanes of at least 4 members (excludes halogenated alkanes) is 35. The number of carbonyl (C=O) groups excluding carboxylic acids is 4. The average Bonchev–Trinajstić information content (AvgIpc) is 2.75. The minimum absolute atomic E-state index is 0.102. The van der Waals surface area contributed by atoms with Crippen molar-refractivity contribution in [2.75, 3.05) is 39.6 Å². The first-order chi connectivity index (χ1) is 44.1. The molecule has 0 aliphatic heterocycles. The molecule has 0 rings (SSSR count). The van der Waals surface area contributed by atoms with E-state index >= 15 is 0 Å². The van der Waals surface area contributed by atoms with Crippen molar-refractivity contribution in [2.24, 2.45) is 23.7 Å². The summed E-state index contributed by atoms with van der Waals surface area (Å²) in [6.07, 6.45) is 46.0. The maximum Gasteiger partial charge on any atom is 0.472 e. The van der Waals surface area contributed by atoms with E-state index in [1.807, 2.05) is 0 Å². The number of hydrogen-bond donors (Lipinski definition) is 3. The quantitative estimate of drug-likeness (QED) is 0.0222. The fourth-order valence-corrected chi connectivity index (χ4v) is 12.6. The lowest BCUT2D eigenvalue weighted by molar-refractivity contribution is -0.161. The third kappa shape index (κ3) is 65.4. The largest absolute Gasteiger partial charge is 0.472 e. The number of phosphoric ester groups is 2. The molecule has 0 heterocycles. The number of carbonyl (C=O) groups is 4. The van der Waals surface area contributed by atoms with Crippen LogP contribution in [-0.4, -0.2) is 96.7 Å². The summed E-state index contributed by atoms with van der Waals surface area (Å²) in [5.41, 5.74) is 0. The van der Waals surface area contributed by atoms with E-state index in [0.717, 1.165) is 114 Å². The lowest BCUT2D eigenvalue weighted by Crippen LogP contribution is -2.30. The van der Waals surface area contributed by atoms with Crippen LogP contribution in [0.1, 0.15) is 364 Å². The minimum Gasteiger partial charge on any atom is -0.462 e. The molecular formula is C73H142O17P2. The third-order valence-electron chi connectivity index (χ3n) is 17.2. The molecule has 92 heavy (non-hydrogen) atoms. The van der Waals surface area contributed by atoms with Crippen LogP contribution in [0.25, 0.3) is 0 Å². The molecule has 19 heteroatoms. The molecule has 0 aromatic carbocycles. The van der Waals surface area contributed by atoms with Crippen molar-refractivity contribution < 1.29 is 80.2 Å². The average molecular weight is 1350 g/mol. The van der Waals surface area contributed by atoms with Crippen molar-refractivity contribution in [3.05, 3.63) is 0 Å². The van der Waals surface area contributed by atoms with Gasteiger partial charge in [0.05, 0.1) is 26.4 Å². The highest BCUT2D eigenvalue weighted by Gasteiger charge is 2.30. The number of esters is 4. The number of hydrogen-bond acceptors (Lipinski definition) is 15. The molecule has 0 saturated carbocycles. The Kier molecular flexibility index (Phi) is 61.3. The van der Waals surface area contributed by atoms with E-state index < -0.39 is 97.5 Å². The Morgan fingerprint density at radius 3 is 0.772 bits per heavy atom. The molecule has 0 bridgehead atoms. The highest BCUT2D eigenvalue weighted by molar-refractivity contribution is 7.47. The second kappa shape index (κ2) is 62.6. The van der Waals surface area contributed by atoms with Gasteiger partial charge in [0.15, 0.2) is 12.2 Å². The van der Waals surface area contributed by atoms with Crippen LogP contribution >= 0.6 is 15.6 Å². The van der Waals surface area contributed by atoms with Gasteiger partial charge in [0.2, 0.25) is 0 Å². The second-order valence-corrected chi connectivity index (χ2v) is 30.9. The van der Waals surface area contributed by atoms with Crippen LogP contribution in [0.4, 0.5) is 0 Å². The maximum absolute atomic E-state index is 13.1. The molecule has 3 N–H and O–H groups in total. The summed E-state index contributed by atoms with van der Waals surface area (Å²) in [6, 6.07) is 0. The Balaban J connectivity index is 5.22. The summed E-state index contributed by atoms with van der Waals surface area (Å²) >= 11 is 0. The van der Waals surface area contributed by atoms with E-state index in [0.29, 0.717) is 31.6 Å². The zero-order chi connectivity index (χ0) is 68.2. The molecule has 0 radical (unpaired) electrons. The van der Waals surface area contributed by atoms with Gasteiger partial charge in [-0.05, 0) is 49.4 Å². The minimum atomic E-state index is -4.96. The van der Waals surface area contributed by atoms with Gasteiger partial charge in [-0.25, -0.2) is 9.13 Å². The lowest BCUT2D eigenvalue weighted by atomic mass is 10.00. The number of aliphatic hydroxyl groups is 1. The Labute approximate surface area is 562 Å². The van der Waals surface area contributed by atoms with Gasteiger partial charge in [-0.2, -0.15) is 0 Å². The van der Waals surface area contributed by atoms with E-state index in [9.17, 15) is 43.2 Å². The van der Waals surface area contributed by atoms with Crippen molar-refractivity contribution in [1.82, 2.24) is 0 Å². The maximum atomic E-state index is 13.1. The summed E-state index contributed by atoms with van der Waals surface area (Å²) < 4.78 is 68.4. The Bertz CT molecular complexity index is 1820. The third-order valence-corrected chi connectivity index (χ3v) is 19.1. The van der Waals surface area contributed by atoms with Crippen LogP contribution < -0.4 is 0 Å². The van der Waals surface area contributed by atoms with E-state index in [4.69, 9.17) is 37.0 Å². The zero-order valence-electron chi connectivity index (χ0n) is 60.2. The van der Waals surface area contributed by atoms with E-state index in [1.165, 1.54) is 161 Å². The molecule has 0 spiro atoms. The Hall–Kier alpha value is -1.94. The molecule has 0 aromatic heterocycles. The van der Waals surface area contributed by atoms with Crippen molar-refractivity contribution >= 4 is 39.5 Å². The van der Waals surface area contributed by atoms with Crippen molar-refractivity contribution in [2.45, 2.75) is 382 Å². The first kappa shape index (κ1) is 90.1. The predicted molar refractivity (Wildman–Crippen MR) is 372 cm³/mol. The molecule has 17 nitrogen and oxygen atoms in total. The van der Waals surface area contributed by atoms with Gasteiger partial charge in [-0.3, -0.25) is 37.3 Å². The van der Waals surface area contributed by atoms with Crippen molar-refractivity contribution in [1.29, 1.82) is 0 Å². The van der Waals surface area contributed by atoms with Gasteiger partial charge in [-0.1, -0.05) is 312 Å². The molecule has 546 valence electrons. The van der Waals surface area contributed by atoms with Gasteiger partial charge in [0, 0.05) is 25.7 Å². The summed E-state index contributed by atoms with van der Waals surface area (Å²) in [7, 11) is -9.91. The van der Waals surface area contributed by atoms with Gasteiger partial charge in [0.1, 0.15) is 19.3 Å². The van der Waals surface area contributed by atoms with Crippen LogP contribution in [0.15, 0.2) is 0 Å². The highest BCUT2D eigenvalue weighted by atomic mass is 31.2. The van der Waals surface area contributed by atoms with Crippen LogP contribution in [0.2, 0.25) is 0 Å². The predicted octanol–water partition coefficient (Wildman–Crippen LogP) is 20.9. The SMILES string of the molecule is CCC(C)CCCCCCCCC(=O)O[C@H](COC(=O)CCCCCCCCCC(C)C)COP(=O)(O)OCC(O)COP(=O)(O)OC[C@@H](COC(=O)CCCCCCCCCCCCCCCCCC(C)C)OC(=O)CCCCCCCCCCCCCC(C)C. The smallest absolute Gasteiger partial charge is 0.462 e.